The largest absolute Gasteiger partial charge is 0.334 e. The minimum Gasteiger partial charge on any atom is -0.334 e. The van der Waals surface area contributed by atoms with E-state index in [1.165, 1.54) is 24.1 Å². The van der Waals surface area contributed by atoms with E-state index in [0.29, 0.717) is 0 Å². The lowest BCUT2D eigenvalue weighted by molar-refractivity contribution is 0.316. The first-order chi connectivity index (χ1) is 9.78. The Balaban J connectivity index is 1.73. The number of nitrogens with one attached hydrogen (secondary N) is 1. The molecule has 0 saturated carbocycles. The monoisotopic (exact) mass is 269 g/mol. The maximum Gasteiger partial charge on any atom is 0.0948 e. The second-order valence-electron chi connectivity index (χ2n) is 6.02. The first-order valence-electron chi connectivity index (χ1n) is 7.53. The highest BCUT2D eigenvalue weighted by atomic mass is 15.1. The van der Waals surface area contributed by atoms with Gasteiger partial charge in [-0.1, -0.05) is 37.3 Å². The van der Waals surface area contributed by atoms with Crippen molar-refractivity contribution < 1.29 is 0 Å². The summed E-state index contributed by atoms with van der Waals surface area (Å²) in [4.78, 5) is 4.40. The van der Waals surface area contributed by atoms with Crippen molar-refractivity contribution in [1.82, 2.24) is 14.9 Å². The van der Waals surface area contributed by atoms with Crippen molar-refractivity contribution in [2.75, 3.05) is 13.1 Å². The van der Waals surface area contributed by atoms with Crippen LogP contribution in [0.1, 0.15) is 31.0 Å². The first-order valence-corrected chi connectivity index (χ1v) is 7.53. The molecular formula is C17H23N3. The molecule has 3 heteroatoms. The summed E-state index contributed by atoms with van der Waals surface area (Å²) >= 11 is 0. The Morgan fingerprint density at radius 3 is 2.70 bits per heavy atom. The van der Waals surface area contributed by atoms with Gasteiger partial charge in [0.25, 0.3) is 0 Å². The standard InChI is InChI=1S/C17H23N3/c1-17(8-10-18-11-9-17)16-13-19-14-20(16)12-7-15-5-3-2-4-6-15/h2-6,13-14,18H,7-12H2,1H3. The number of aromatic nitrogens is 2. The van der Waals surface area contributed by atoms with E-state index in [2.05, 4.69) is 58.3 Å². The molecule has 1 saturated heterocycles. The third-order valence-corrected chi connectivity index (χ3v) is 4.52. The second-order valence-corrected chi connectivity index (χ2v) is 6.02. The van der Waals surface area contributed by atoms with Crippen LogP contribution >= 0.6 is 0 Å². The Morgan fingerprint density at radius 2 is 1.95 bits per heavy atom. The summed E-state index contributed by atoms with van der Waals surface area (Å²) in [6, 6.07) is 10.7. The molecule has 0 aliphatic carbocycles. The molecule has 1 fully saturated rings. The molecule has 3 rings (SSSR count). The third kappa shape index (κ3) is 2.78. The molecule has 20 heavy (non-hydrogen) atoms. The van der Waals surface area contributed by atoms with Crippen LogP contribution in [0.3, 0.4) is 0 Å². The van der Waals surface area contributed by atoms with Gasteiger partial charge in [0.15, 0.2) is 0 Å². The van der Waals surface area contributed by atoms with Crippen molar-refractivity contribution >= 4 is 0 Å². The normalized spacial score (nSPS) is 18.1. The SMILES string of the molecule is CC1(c2cncn2CCc2ccccc2)CCNCC1. The van der Waals surface area contributed by atoms with Crippen molar-refractivity contribution in [3.05, 3.63) is 54.1 Å². The van der Waals surface area contributed by atoms with E-state index in [-0.39, 0.29) is 5.41 Å². The van der Waals surface area contributed by atoms with Crippen molar-refractivity contribution in [1.29, 1.82) is 0 Å². The van der Waals surface area contributed by atoms with Crippen molar-refractivity contribution in [3.8, 4) is 0 Å². The van der Waals surface area contributed by atoms with Gasteiger partial charge in [-0.3, -0.25) is 0 Å². The molecule has 0 bridgehead atoms. The number of benzene rings is 1. The molecule has 1 aromatic carbocycles. The predicted molar refractivity (Wildman–Crippen MR) is 81.8 cm³/mol. The molecule has 0 radical (unpaired) electrons. The fraction of sp³-hybridized carbons (Fsp3) is 0.471. The highest BCUT2D eigenvalue weighted by Gasteiger charge is 2.31. The fourth-order valence-corrected chi connectivity index (χ4v) is 3.13. The molecule has 1 aromatic heterocycles. The minimum atomic E-state index is 0.276. The Morgan fingerprint density at radius 1 is 1.20 bits per heavy atom. The van der Waals surface area contributed by atoms with Gasteiger partial charge in [-0.15, -0.1) is 0 Å². The Hall–Kier alpha value is -1.61. The zero-order chi connectivity index (χ0) is 13.8. The zero-order valence-electron chi connectivity index (χ0n) is 12.2. The summed E-state index contributed by atoms with van der Waals surface area (Å²) in [6.07, 6.45) is 7.52. The van der Waals surface area contributed by atoms with Gasteiger partial charge in [-0.05, 0) is 37.9 Å². The van der Waals surface area contributed by atoms with Gasteiger partial charge < -0.3 is 9.88 Å². The van der Waals surface area contributed by atoms with Crippen LogP contribution in [-0.4, -0.2) is 22.6 Å². The van der Waals surface area contributed by atoms with Crippen LogP contribution in [-0.2, 0) is 18.4 Å². The maximum absolute atomic E-state index is 4.40. The molecule has 0 spiro atoms. The summed E-state index contributed by atoms with van der Waals surface area (Å²) in [5.74, 6) is 0. The first kappa shape index (κ1) is 13.4. The molecule has 0 atom stereocenters. The van der Waals surface area contributed by atoms with Crippen molar-refractivity contribution in [2.45, 2.75) is 38.1 Å². The van der Waals surface area contributed by atoms with E-state index in [9.17, 15) is 0 Å². The van der Waals surface area contributed by atoms with Crippen LogP contribution in [0.4, 0.5) is 0 Å². The van der Waals surface area contributed by atoms with Crippen molar-refractivity contribution in [2.24, 2.45) is 0 Å². The van der Waals surface area contributed by atoms with E-state index in [4.69, 9.17) is 0 Å². The van der Waals surface area contributed by atoms with E-state index in [1.54, 1.807) is 0 Å². The minimum absolute atomic E-state index is 0.276. The van der Waals surface area contributed by atoms with E-state index >= 15 is 0 Å². The number of imidazole rings is 1. The quantitative estimate of drug-likeness (QED) is 0.925. The zero-order valence-corrected chi connectivity index (χ0v) is 12.2. The van der Waals surface area contributed by atoms with Crippen LogP contribution in [0, 0.1) is 0 Å². The number of aryl methyl sites for hydroxylation is 2. The lowest BCUT2D eigenvalue weighted by Crippen LogP contribution is -2.39. The molecule has 2 heterocycles. The number of nitrogens with zero attached hydrogens (tertiary/aromatic N) is 2. The topological polar surface area (TPSA) is 29.9 Å². The number of hydrogen-bond donors (Lipinski definition) is 1. The van der Waals surface area contributed by atoms with E-state index in [1.807, 2.05) is 6.33 Å². The average Bonchev–Trinajstić information content (AvgIpc) is 2.96. The number of piperidine rings is 1. The van der Waals surface area contributed by atoms with Gasteiger partial charge in [0.2, 0.25) is 0 Å². The van der Waals surface area contributed by atoms with Gasteiger partial charge in [0, 0.05) is 23.9 Å². The van der Waals surface area contributed by atoms with Crippen LogP contribution in [0.5, 0.6) is 0 Å². The maximum atomic E-state index is 4.40. The van der Waals surface area contributed by atoms with Gasteiger partial charge >= 0.3 is 0 Å². The van der Waals surface area contributed by atoms with Crippen molar-refractivity contribution in [3.63, 3.8) is 0 Å². The summed E-state index contributed by atoms with van der Waals surface area (Å²) in [5, 5.41) is 3.45. The molecule has 1 aliphatic heterocycles. The molecule has 2 aromatic rings. The number of hydrogen-bond acceptors (Lipinski definition) is 2. The molecule has 1 N–H and O–H groups in total. The summed E-state index contributed by atoms with van der Waals surface area (Å²) in [6.45, 7) is 5.62. The van der Waals surface area contributed by atoms with Gasteiger partial charge in [-0.2, -0.15) is 0 Å². The van der Waals surface area contributed by atoms with Crippen LogP contribution in [0.2, 0.25) is 0 Å². The lowest BCUT2D eigenvalue weighted by atomic mass is 9.78. The Labute approximate surface area is 121 Å². The second kappa shape index (κ2) is 5.80. The Bertz CT molecular complexity index is 538. The van der Waals surface area contributed by atoms with Gasteiger partial charge in [0.1, 0.15) is 0 Å². The molecule has 1 aliphatic rings. The van der Waals surface area contributed by atoms with Crippen LogP contribution in [0.25, 0.3) is 0 Å². The van der Waals surface area contributed by atoms with Crippen LogP contribution in [0.15, 0.2) is 42.9 Å². The summed E-state index contributed by atoms with van der Waals surface area (Å²) in [5.41, 5.74) is 3.07. The van der Waals surface area contributed by atoms with Gasteiger partial charge in [-0.25, -0.2) is 4.98 Å². The Kier molecular flexibility index (Phi) is 3.88. The van der Waals surface area contributed by atoms with E-state index < -0.39 is 0 Å². The van der Waals surface area contributed by atoms with Crippen LogP contribution < -0.4 is 5.32 Å². The molecule has 106 valence electrons. The molecule has 0 unspecified atom stereocenters. The third-order valence-electron chi connectivity index (χ3n) is 4.52. The highest BCUT2D eigenvalue weighted by Crippen LogP contribution is 2.32. The lowest BCUT2D eigenvalue weighted by Gasteiger charge is -2.34. The average molecular weight is 269 g/mol. The smallest absolute Gasteiger partial charge is 0.0948 e. The molecular weight excluding hydrogens is 246 g/mol. The highest BCUT2D eigenvalue weighted by molar-refractivity contribution is 5.17. The predicted octanol–water partition coefficient (Wildman–Crippen LogP) is 2.77. The van der Waals surface area contributed by atoms with Gasteiger partial charge in [0.05, 0.1) is 6.33 Å². The molecule has 0 amide bonds. The molecule has 3 nitrogen and oxygen atoms in total. The summed E-state index contributed by atoms with van der Waals surface area (Å²) in [7, 11) is 0. The van der Waals surface area contributed by atoms with E-state index in [0.717, 1.165) is 26.1 Å². The number of rotatable bonds is 4. The summed E-state index contributed by atoms with van der Waals surface area (Å²) < 4.78 is 2.35. The fourth-order valence-electron chi connectivity index (χ4n) is 3.13.